The molecule has 0 aliphatic carbocycles. The summed E-state index contributed by atoms with van der Waals surface area (Å²) >= 11 is 1.40. The van der Waals surface area contributed by atoms with Crippen molar-refractivity contribution in [2.75, 3.05) is 0 Å². The third-order valence-electron chi connectivity index (χ3n) is 2.36. The van der Waals surface area contributed by atoms with Gasteiger partial charge in [0.1, 0.15) is 10.7 Å². The van der Waals surface area contributed by atoms with Gasteiger partial charge >= 0.3 is 0 Å². The highest BCUT2D eigenvalue weighted by molar-refractivity contribution is 7.09. The van der Waals surface area contributed by atoms with Gasteiger partial charge in [0.15, 0.2) is 0 Å². The minimum absolute atomic E-state index is 0.0135. The first-order valence-electron chi connectivity index (χ1n) is 5.62. The smallest absolute Gasteiger partial charge is 0.271 e. The second-order valence-electron chi connectivity index (χ2n) is 3.93. The zero-order chi connectivity index (χ0) is 13.0. The van der Waals surface area contributed by atoms with Gasteiger partial charge in [0.25, 0.3) is 5.91 Å². The zero-order valence-corrected chi connectivity index (χ0v) is 10.9. The Morgan fingerprint density at radius 1 is 1.67 bits per heavy atom. The standard InChI is InChI=1S/C11H15N5OS/c1-8(6-16-4-2-3-13-16)14-11(17)9-7-18-10(5-12)15-9/h2-4,7-8H,5-6,12H2,1H3,(H,14,17). The quantitative estimate of drug-likeness (QED) is 0.829. The van der Waals surface area contributed by atoms with Gasteiger partial charge < -0.3 is 11.1 Å². The van der Waals surface area contributed by atoms with Gasteiger partial charge in [-0.15, -0.1) is 11.3 Å². The molecule has 2 aromatic rings. The Bertz CT molecular complexity index is 507. The van der Waals surface area contributed by atoms with Crippen molar-refractivity contribution >= 4 is 17.2 Å². The summed E-state index contributed by atoms with van der Waals surface area (Å²) in [6.45, 7) is 2.92. The molecular formula is C11H15N5OS. The van der Waals surface area contributed by atoms with Gasteiger partial charge in [-0.25, -0.2) is 4.98 Å². The topological polar surface area (TPSA) is 85.8 Å². The normalized spacial score (nSPS) is 12.3. The van der Waals surface area contributed by atoms with E-state index in [0.717, 1.165) is 5.01 Å². The summed E-state index contributed by atoms with van der Waals surface area (Å²) in [5.41, 5.74) is 5.88. The number of hydrogen-bond acceptors (Lipinski definition) is 5. The number of carbonyl (C=O) groups is 1. The summed E-state index contributed by atoms with van der Waals surface area (Å²) in [5.74, 6) is -0.175. The number of nitrogens with two attached hydrogens (primary N) is 1. The van der Waals surface area contributed by atoms with E-state index in [-0.39, 0.29) is 11.9 Å². The van der Waals surface area contributed by atoms with Gasteiger partial charge in [0, 0.05) is 30.4 Å². The van der Waals surface area contributed by atoms with Crippen LogP contribution in [0.3, 0.4) is 0 Å². The highest BCUT2D eigenvalue weighted by Gasteiger charge is 2.13. The van der Waals surface area contributed by atoms with E-state index in [2.05, 4.69) is 15.4 Å². The molecule has 96 valence electrons. The molecule has 6 nitrogen and oxygen atoms in total. The summed E-state index contributed by atoms with van der Waals surface area (Å²) in [7, 11) is 0. The Balaban J connectivity index is 1.90. The first-order valence-corrected chi connectivity index (χ1v) is 6.49. The van der Waals surface area contributed by atoms with E-state index in [4.69, 9.17) is 5.73 Å². The lowest BCUT2D eigenvalue weighted by Crippen LogP contribution is -2.36. The van der Waals surface area contributed by atoms with E-state index in [1.54, 1.807) is 16.3 Å². The zero-order valence-electron chi connectivity index (χ0n) is 10.0. The SMILES string of the molecule is CC(Cn1cccn1)NC(=O)c1csc(CN)n1. The average Bonchev–Trinajstić information content (AvgIpc) is 2.98. The van der Waals surface area contributed by atoms with Crippen molar-refractivity contribution in [1.29, 1.82) is 0 Å². The number of nitrogens with zero attached hydrogens (tertiary/aromatic N) is 3. The molecule has 2 rings (SSSR count). The van der Waals surface area contributed by atoms with Crippen LogP contribution in [0.5, 0.6) is 0 Å². The molecule has 0 fully saturated rings. The van der Waals surface area contributed by atoms with E-state index in [9.17, 15) is 4.79 Å². The lowest BCUT2D eigenvalue weighted by Gasteiger charge is -2.12. The van der Waals surface area contributed by atoms with Crippen LogP contribution < -0.4 is 11.1 Å². The van der Waals surface area contributed by atoms with Crippen LogP contribution in [0.4, 0.5) is 0 Å². The number of amides is 1. The van der Waals surface area contributed by atoms with Crippen molar-refractivity contribution < 1.29 is 4.79 Å². The van der Waals surface area contributed by atoms with Crippen LogP contribution in [0.15, 0.2) is 23.8 Å². The molecule has 0 saturated heterocycles. The van der Waals surface area contributed by atoms with Crippen molar-refractivity contribution in [3.8, 4) is 0 Å². The first-order chi connectivity index (χ1) is 8.69. The fraction of sp³-hybridized carbons (Fsp3) is 0.364. The fourth-order valence-electron chi connectivity index (χ4n) is 1.54. The molecule has 0 saturated carbocycles. The lowest BCUT2D eigenvalue weighted by atomic mass is 10.3. The van der Waals surface area contributed by atoms with Crippen LogP contribution >= 0.6 is 11.3 Å². The molecular weight excluding hydrogens is 250 g/mol. The summed E-state index contributed by atoms with van der Waals surface area (Å²) in [5, 5.41) is 9.45. The Morgan fingerprint density at radius 3 is 3.11 bits per heavy atom. The minimum atomic E-state index is -0.175. The molecule has 1 atom stereocenters. The van der Waals surface area contributed by atoms with E-state index < -0.39 is 0 Å². The second-order valence-corrected chi connectivity index (χ2v) is 4.88. The molecule has 0 aromatic carbocycles. The van der Waals surface area contributed by atoms with Gasteiger partial charge in [-0.2, -0.15) is 5.10 Å². The van der Waals surface area contributed by atoms with Crippen LogP contribution in [0.2, 0.25) is 0 Å². The fourth-order valence-corrected chi connectivity index (χ4v) is 2.20. The van der Waals surface area contributed by atoms with E-state index in [1.807, 2.05) is 19.2 Å². The number of hydrogen-bond donors (Lipinski definition) is 2. The molecule has 2 aromatic heterocycles. The average molecular weight is 265 g/mol. The van der Waals surface area contributed by atoms with Gasteiger partial charge in [0.05, 0.1) is 6.54 Å². The maximum Gasteiger partial charge on any atom is 0.271 e. The predicted molar refractivity (Wildman–Crippen MR) is 69.2 cm³/mol. The second kappa shape index (κ2) is 5.74. The molecule has 0 aliphatic rings. The molecule has 7 heteroatoms. The molecule has 1 unspecified atom stereocenters. The number of thiazole rings is 1. The summed E-state index contributed by atoms with van der Waals surface area (Å²) < 4.78 is 1.78. The molecule has 0 spiro atoms. The number of aromatic nitrogens is 3. The maximum absolute atomic E-state index is 11.9. The Morgan fingerprint density at radius 2 is 2.50 bits per heavy atom. The van der Waals surface area contributed by atoms with Crippen LogP contribution in [0.1, 0.15) is 22.4 Å². The number of nitrogens with one attached hydrogen (secondary N) is 1. The Hall–Kier alpha value is -1.73. The van der Waals surface area contributed by atoms with Crippen LogP contribution in [-0.4, -0.2) is 26.7 Å². The monoisotopic (exact) mass is 265 g/mol. The van der Waals surface area contributed by atoms with Gasteiger partial charge in [0.2, 0.25) is 0 Å². The van der Waals surface area contributed by atoms with E-state index in [0.29, 0.717) is 18.8 Å². The Kier molecular flexibility index (Phi) is 4.06. The lowest BCUT2D eigenvalue weighted by molar-refractivity contribution is 0.0931. The van der Waals surface area contributed by atoms with Crippen molar-refractivity contribution in [2.45, 2.75) is 26.1 Å². The predicted octanol–water partition coefficient (Wildman–Crippen LogP) is 0.617. The maximum atomic E-state index is 11.9. The van der Waals surface area contributed by atoms with Gasteiger partial charge in [-0.1, -0.05) is 0 Å². The largest absolute Gasteiger partial charge is 0.346 e. The van der Waals surface area contributed by atoms with Gasteiger partial charge in [-0.3, -0.25) is 9.48 Å². The summed E-state index contributed by atoms with van der Waals surface area (Å²) in [6.07, 6.45) is 3.57. The third-order valence-corrected chi connectivity index (χ3v) is 3.23. The number of carbonyl (C=O) groups excluding carboxylic acids is 1. The highest BCUT2D eigenvalue weighted by Crippen LogP contribution is 2.08. The molecule has 2 heterocycles. The minimum Gasteiger partial charge on any atom is -0.346 e. The van der Waals surface area contributed by atoms with Crippen molar-refractivity contribution in [3.05, 3.63) is 34.5 Å². The van der Waals surface area contributed by atoms with Crippen LogP contribution in [-0.2, 0) is 13.1 Å². The van der Waals surface area contributed by atoms with Crippen LogP contribution in [0.25, 0.3) is 0 Å². The molecule has 18 heavy (non-hydrogen) atoms. The number of rotatable bonds is 5. The highest BCUT2D eigenvalue weighted by atomic mass is 32.1. The third kappa shape index (κ3) is 3.14. The van der Waals surface area contributed by atoms with Gasteiger partial charge in [-0.05, 0) is 13.0 Å². The van der Waals surface area contributed by atoms with Crippen molar-refractivity contribution in [2.24, 2.45) is 5.73 Å². The Labute approximate surface area is 109 Å². The first kappa shape index (κ1) is 12.7. The summed E-state index contributed by atoms with van der Waals surface area (Å²) in [6, 6.07) is 1.84. The molecule has 1 amide bonds. The molecule has 0 aliphatic heterocycles. The molecule has 3 N–H and O–H groups in total. The molecule has 0 radical (unpaired) electrons. The summed E-state index contributed by atoms with van der Waals surface area (Å²) in [4.78, 5) is 16.0. The van der Waals surface area contributed by atoms with Crippen molar-refractivity contribution in [1.82, 2.24) is 20.1 Å². The van der Waals surface area contributed by atoms with E-state index >= 15 is 0 Å². The molecule has 0 bridgehead atoms. The van der Waals surface area contributed by atoms with E-state index in [1.165, 1.54) is 11.3 Å². The van der Waals surface area contributed by atoms with Crippen LogP contribution in [0, 0.1) is 0 Å². The van der Waals surface area contributed by atoms with Crippen molar-refractivity contribution in [3.63, 3.8) is 0 Å².